The zero-order valence-corrected chi connectivity index (χ0v) is 41.1. The van der Waals surface area contributed by atoms with Crippen molar-refractivity contribution in [3.63, 3.8) is 0 Å². The Morgan fingerprint density at radius 3 is 0.817 bits per heavy atom. The Hall–Kier alpha value is -1.59. The van der Waals surface area contributed by atoms with Crippen molar-refractivity contribution in [3.8, 4) is 0 Å². The molecule has 0 rings (SSSR count). The molecule has 0 aliphatic carbocycles. The zero-order valence-electron chi connectivity index (χ0n) is 41.1. The molecule has 0 spiro atoms. The molecule has 0 unspecified atom stereocenters. The maximum absolute atomic E-state index is 12.8. The smallest absolute Gasteiger partial charge is 0.306 e. The van der Waals surface area contributed by atoms with E-state index in [1.54, 1.807) is 0 Å². The van der Waals surface area contributed by atoms with Gasteiger partial charge in [-0.3, -0.25) is 14.4 Å². The zero-order chi connectivity index (χ0) is 44.0. The number of esters is 3. The quantitative estimate of drug-likeness (QED) is 0.0345. The molecule has 0 amide bonds. The number of ether oxygens (including phenoxy) is 3. The van der Waals surface area contributed by atoms with Gasteiger partial charge in [-0.15, -0.1) is 0 Å². The number of carbonyl (C=O) groups excluding carboxylic acids is 3. The van der Waals surface area contributed by atoms with Crippen LogP contribution in [-0.4, -0.2) is 37.2 Å². The molecule has 60 heavy (non-hydrogen) atoms. The van der Waals surface area contributed by atoms with Crippen molar-refractivity contribution in [1.29, 1.82) is 0 Å². The van der Waals surface area contributed by atoms with Gasteiger partial charge in [0.1, 0.15) is 13.2 Å². The van der Waals surface area contributed by atoms with E-state index >= 15 is 0 Å². The van der Waals surface area contributed by atoms with Gasteiger partial charge in [-0.25, -0.2) is 0 Å². The lowest BCUT2D eigenvalue weighted by Gasteiger charge is -2.18. The van der Waals surface area contributed by atoms with E-state index in [9.17, 15) is 14.4 Å². The van der Waals surface area contributed by atoms with Crippen LogP contribution in [0.1, 0.15) is 298 Å². The molecule has 0 aliphatic heterocycles. The Bertz CT molecular complexity index is 916. The van der Waals surface area contributed by atoms with E-state index in [1.807, 2.05) is 0 Å². The molecule has 356 valence electrons. The standard InChI is InChI=1S/C54H104O6/c1-6-7-8-9-10-11-12-19-24-29-34-39-44-52(55)58-47-51(60-54(57)46-41-36-31-26-21-16-14-18-23-28-33-38-43-50(4)5)48-59-53(56)45-40-35-30-25-20-15-13-17-22-27-32-37-42-49(2)3/h49-51H,6-48H2,1-5H3/t51-/m1/s1. The summed E-state index contributed by atoms with van der Waals surface area (Å²) in [6.45, 7) is 11.4. The van der Waals surface area contributed by atoms with E-state index in [4.69, 9.17) is 14.2 Å². The van der Waals surface area contributed by atoms with E-state index in [1.165, 1.54) is 186 Å². The Labute approximate surface area is 374 Å². The topological polar surface area (TPSA) is 78.9 Å². The predicted molar refractivity (Wildman–Crippen MR) is 256 cm³/mol. The third-order valence-electron chi connectivity index (χ3n) is 12.2. The molecule has 0 aromatic carbocycles. The van der Waals surface area contributed by atoms with Crippen molar-refractivity contribution in [2.75, 3.05) is 13.2 Å². The number of unbranched alkanes of at least 4 members (excludes halogenated alkanes) is 33. The summed E-state index contributed by atoms with van der Waals surface area (Å²) in [6.07, 6.45) is 48.0. The average molecular weight is 849 g/mol. The molecule has 0 radical (unpaired) electrons. The van der Waals surface area contributed by atoms with Crippen LogP contribution < -0.4 is 0 Å². The Morgan fingerprint density at radius 1 is 0.317 bits per heavy atom. The molecule has 0 bridgehead atoms. The largest absolute Gasteiger partial charge is 0.462 e. The summed E-state index contributed by atoms with van der Waals surface area (Å²) in [4.78, 5) is 38.0. The minimum absolute atomic E-state index is 0.0633. The van der Waals surface area contributed by atoms with Gasteiger partial charge in [-0.1, -0.05) is 259 Å². The van der Waals surface area contributed by atoms with Gasteiger partial charge >= 0.3 is 17.9 Å². The third-order valence-corrected chi connectivity index (χ3v) is 12.2. The normalized spacial score (nSPS) is 12.1. The summed E-state index contributed by atoms with van der Waals surface area (Å²) in [5.41, 5.74) is 0. The van der Waals surface area contributed by atoms with Gasteiger partial charge in [0.25, 0.3) is 0 Å². The summed E-state index contributed by atoms with van der Waals surface area (Å²) in [5.74, 6) is 0.821. The highest BCUT2D eigenvalue weighted by atomic mass is 16.6. The minimum atomic E-state index is -0.761. The lowest BCUT2D eigenvalue weighted by atomic mass is 10.0. The van der Waals surface area contributed by atoms with Crippen LogP contribution in [0.15, 0.2) is 0 Å². The molecule has 0 N–H and O–H groups in total. The molecule has 1 atom stereocenters. The second-order valence-electron chi connectivity index (χ2n) is 19.5. The molecule has 0 saturated heterocycles. The molecule has 6 nitrogen and oxygen atoms in total. The summed E-state index contributed by atoms with van der Waals surface area (Å²) < 4.78 is 16.8. The fraction of sp³-hybridized carbons (Fsp3) is 0.944. The molecule has 0 fully saturated rings. The van der Waals surface area contributed by atoms with E-state index in [-0.39, 0.29) is 31.1 Å². The van der Waals surface area contributed by atoms with Crippen LogP contribution in [-0.2, 0) is 28.6 Å². The molecular formula is C54H104O6. The van der Waals surface area contributed by atoms with Gasteiger partial charge in [0, 0.05) is 19.3 Å². The van der Waals surface area contributed by atoms with Gasteiger partial charge in [-0.05, 0) is 31.1 Å². The number of rotatable bonds is 48. The highest BCUT2D eigenvalue weighted by molar-refractivity contribution is 5.71. The fourth-order valence-electron chi connectivity index (χ4n) is 8.17. The minimum Gasteiger partial charge on any atom is -0.462 e. The van der Waals surface area contributed by atoms with Crippen molar-refractivity contribution in [2.45, 2.75) is 304 Å². The van der Waals surface area contributed by atoms with Crippen LogP contribution in [0.25, 0.3) is 0 Å². The van der Waals surface area contributed by atoms with E-state index in [0.717, 1.165) is 69.6 Å². The Balaban J connectivity index is 4.31. The van der Waals surface area contributed by atoms with Crippen LogP contribution in [0.5, 0.6) is 0 Å². The van der Waals surface area contributed by atoms with Gasteiger partial charge < -0.3 is 14.2 Å². The van der Waals surface area contributed by atoms with Crippen molar-refractivity contribution < 1.29 is 28.6 Å². The highest BCUT2D eigenvalue weighted by Gasteiger charge is 2.19. The summed E-state index contributed by atoms with van der Waals surface area (Å²) in [6, 6.07) is 0. The number of hydrogen-bond acceptors (Lipinski definition) is 6. The predicted octanol–water partition coefficient (Wildman–Crippen LogP) is 17.3. The summed E-state index contributed by atoms with van der Waals surface area (Å²) in [7, 11) is 0. The third kappa shape index (κ3) is 47.5. The molecule has 0 aromatic heterocycles. The summed E-state index contributed by atoms with van der Waals surface area (Å²) in [5, 5.41) is 0. The second-order valence-corrected chi connectivity index (χ2v) is 19.5. The molecule has 0 aromatic rings. The first-order chi connectivity index (χ1) is 29.2. The molecule has 0 heterocycles. The molecular weight excluding hydrogens is 745 g/mol. The van der Waals surface area contributed by atoms with Crippen LogP contribution in [0.4, 0.5) is 0 Å². The van der Waals surface area contributed by atoms with E-state index < -0.39 is 6.10 Å². The molecule has 0 aliphatic rings. The fourth-order valence-corrected chi connectivity index (χ4v) is 8.17. The van der Waals surface area contributed by atoms with Gasteiger partial charge in [0.05, 0.1) is 0 Å². The van der Waals surface area contributed by atoms with Gasteiger partial charge in [0.15, 0.2) is 6.10 Å². The average Bonchev–Trinajstić information content (AvgIpc) is 3.22. The molecule has 0 saturated carbocycles. The number of hydrogen-bond donors (Lipinski definition) is 0. The van der Waals surface area contributed by atoms with Crippen LogP contribution in [0, 0.1) is 11.8 Å². The van der Waals surface area contributed by atoms with Crippen LogP contribution >= 0.6 is 0 Å². The Kier molecular flexibility index (Phi) is 45.7. The van der Waals surface area contributed by atoms with Gasteiger partial charge in [-0.2, -0.15) is 0 Å². The van der Waals surface area contributed by atoms with Crippen LogP contribution in [0.2, 0.25) is 0 Å². The van der Waals surface area contributed by atoms with E-state index in [2.05, 4.69) is 34.6 Å². The lowest BCUT2D eigenvalue weighted by Crippen LogP contribution is -2.30. The van der Waals surface area contributed by atoms with Crippen molar-refractivity contribution in [3.05, 3.63) is 0 Å². The van der Waals surface area contributed by atoms with Crippen molar-refractivity contribution in [2.24, 2.45) is 11.8 Å². The first-order valence-electron chi connectivity index (χ1n) is 26.7. The first-order valence-corrected chi connectivity index (χ1v) is 26.7. The maximum atomic E-state index is 12.8. The van der Waals surface area contributed by atoms with Crippen molar-refractivity contribution >= 4 is 17.9 Å². The Morgan fingerprint density at radius 2 is 0.550 bits per heavy atom. The lowest BCUT2D eigenvalue weighted by molar-refractivity contribution is -0.167. The first kappa shape index (κ1) is 58.4. The summed E-state index contributed by atoms with van der Waals surface area (Å²) >= 11 is 0. The highest BCUT2D eigenvalue weighted by Crippen LogP contribution is 2.17. The monoisotopic (exact) mass is 849 g/mol. The molecule has 6 heteroatoms. The van der Waals surface area contributed by atoms with Crippen molar-refractivity contribution in [1.82, 2.24) is 0 Å². The van der Waals surface area contributed by atoms with Gasteiger partial charge in [0.2, 0.25) is 0 Å². The SMILES string of the molecule is CCCCCCCCCCCCCCC(=O)OC[C@H](COC(=O)CCCCCCCCCCCCCCC(C)C)OC(=O)CCCCCCCCCCCCCCC(C)C. The number of carbonyl (C=O) groups is 3. The van der Waals surface area contributed by atoms with Crippen LogP contribution in [0.3, 0.4) is 0 Å². The maximum Gasteiger partial charge on any atom is 0.306 e. The second kappa shape index (κ2) is 46.9. The van der Waals surface area contributed by atoms with E-state index in [0.29, 0.717) is 19.3 Å².